The monoisotopic (exact) mass is 573 g/mol. The van der Waals surface area contributed by atoms with Gasteiger partial charge in [-0.05, 0) is 44.4 Å². The number of halogens is 1. The van der Waals surface area contributed by atoms with E-state index in [0.29, 0.717) is 42.4 Å². The van der Waals surface area contributed by atoms with Crippen LogP contribution in [0.1, 0.15) is 46.9 Å². The van der Waals surface area contributed by atoms with Gasteiger partial charge in [0, 0.05) is 61.7 Å². The Bertz CT molecular complexity index is 1540. The van der Waals surface area contributed by atoms with E-state index >= 15 is 0 Å². The van der Waals surface area contributed by atoms with Crippen LogP contribution in [0.2, 0.25) is 5.02 Å². The van der Waals surface area contributed by atoms with Crippen LogP contribution in [0, 0.1) is 12.8 Å². The van der Waals surface area contributed by atoms with Gasteiger partial charge in [0.15, 0.2) is 5.65 Å². The second-order valence-electron chi connectivity index (χ2n) is 10.2. The van der Waals surface area contributed by atoms with Crippen molar-refractivity contribution in [1.82, 2.24) is 19.5 Å². The smallest absolute Gasteiger partial charge is 0.256 e. The topological polar surface area (TPSA) is 132 Å². The summed E-state index contributed by atoms with van der Waals surface area (Å²) in [5.41, 5.74) is 2.66. The zero-order valence-corrected chi connectivity index (χ0v) is 23.7. The summed E-state index contributed by atoms with van der Waals surface area (Å²) < 4.78 is 28.0. The fourth-order valence-electron chi connectivity index (χ4n) is 5.44. The van der Waals surface area contributed by atoms with Gasteiger partial charge in [0.05, 0.1) is 35.3 Å². The molecule has 0 radical (unpaired) electrons. The van der Waals surface area contributed by atoms with E-state index in [1.54, 1.807) is 28.7 Å². The molecule has 2 aliphatic heterocycles. The van der Waals surface area contributed by atoms with Crippen LogP contribution in [0.3, 0.4) is 0 Å². The van der Waals surface area contributed by atoms with Crippen LogP contribution in [-0.2, 0) is 10.0 Å². The molecule has 13 heteroatoms. The molecule has 2 aliphatic rings. The number of nitrogens with zero attached hydrogens (tertiary/aromatic N) is 6. The van der Waals surface area contributed by atoms with Gasteiger partial charge in [-0.2, -0.15) is 5.10 Å². The molecular weight excluding hydrogens is 542 g/mol. The number of hydrogen-bond donors (Lipinski definition) is 2. The standard InChI is InChI=1S/C26H32ClN7O4S/c1-16-13-34-24(29-25(16)32-14-17(12-28-2)23(35)15-32)11-21(30-34)22-6-4-5-9-33(22)26(36)19-10-18(27)7-8-20(19)31-39(3,37)38/h7-8,10-13,17,22-23,31,35H,4-6,9,14-15H2,1-3H3/t17-,22+,23-/m1/s1. The number of β-amino-alcohol motifs (C(OH)–C–C–N with tert-alkyl or cyclic N) is 1. The highest BCUT2D eigenvalue weighted by atomic mass is 35.5. The fourth-order valence-corrected chi connectivity index (χ4v) is 6.19. The Balaban J connectivity index is 1.47. The Labute approximate surface area is 232 Å². The maximum Gasteiger partial charge on any atom is 0.256 e. The highest BCUT2D eigenvalue weighted by molar-refractivity contribution is 7.92. The lowest BCUT2D eigenvalue weighted by molar-refractivity contribution is 0.0607. The van der Waals surface area contributed by atoms with E-state index in [1.807, 2.05) is 19.2 Å². The predicted molar refractivity (Wildman–Crippen MR) is 151 cm³/mol. The lowest BCUT2D eigenvalue weighted by Gasteiger charge is -2.35. The van der Waals surface area contributed by atoms with E-state index in [4.69, 9.17) is 21.7 Å². The second kappa shape index (κ2) is 10.7. The van der Waals surface area contributed by atoms with Gasteiger partial charge in [-0.1, -0.05) is 11.6 Å². The fraction of sp³-hybridized carbons (Fsp3) is 0.462. The van der Waals surface area contributed by atoms with Crippen LogP contribution in [0.25, 0.3) is 5.65 Å². The number of hydrogen-bond acceptors (Lipinski definition) is 8. The maximum atomic E-state index is 13.8. The Morgan fingerprint density at radius 2 is 2.05 bits per heavy atom. The average Bonchev–Trinajstić information content (AvgIpc) is 3.46. The third-order valence-corrected chi connectivity index (χ3v) is 8.04. The summed E-state index contributed by atoms with van der Waals surface area (Å²) in [5, 5.41) is 15.6. The van der Waals surface area contributed by atoms with Crippen molar-refractivity contribution in [2.24, 2.45) is 10.9 Å². The summed E-state index contributed by atoms with van der Waals surface area (Å²) >= 11 is 6.20. The lowest BCUT2D eigenvalue weighted by atomic mass is 9.98. The molecule has 11 nitrogen and oxygen atoms in total. The third kappa shape index (κ3) is 5.73. The summed E-state index contributed by atoms with van der Waals surface area (Å²) in [6.07, 6.45) is 6.69. The first-order valence-electron chi connectivity index (χ1n) is 12.8. The van der Waals surface area contributed by atoms with Crippen LogP contribution in [0.15, 0.2) is 35.5 Å². The number of aryl methyl sites for hydroxylation is 1. The quantitative estimate of drug-likeness (QED) is 0.433. The molecule has 3 atom stereocenters. The van der Waals surface area contributed by atoms with Crippen molar-refractivity contribution >= 4 is 50.9 Å². The minimum atomic E-state index is -3.60. The van der Waals surface area contributed by atoms with Gasteiger partial charge >= 0.3 is 0 Å². The highest BCUT2D eigenvalue weighted by Crippen LogP contribution is 2.34. The Hall–Kier alpha value is -3.22. The van der Waals surface area contributed by atoms with Crippen LogP contribution in [0.4, 0.5) is 11.5 Å². The van der Waals surface area contributed by atoms with Crippen molar-refractivity contribution in [3.8, 4) is 0 Å². The van der Waals surface area contributed by atoms with Gasteiger partial charge in [-0.15, -0.1) is 0 Å². The minimum absolute atomic E-state index is 0.0525. The van der Waals surface area contributed by atoms with Crippen LogP contribution < -0.4 is 9.62 Å². The molecule has 0 saturated carbocycles. The van der Waals surface area contributed by atoms with Gasteiger partial charge in [0.25, 0.3) is 5.91 Å². The van der Waals surface area contributed by atoms with E-state index in [1.165, 1.54) is 12.1 Å². The van der Waals surface area contributed by atoms with Gasteiger partial charge in [0.2, 0.25) is 10.0 Å². The molecule has 3 aromatic rings. The number of benzene rings is 1. The zero-order valence-electron chi connectivity index (χ0n) is 22.1. The van der Waals surface area contributed by atoms with E-state index in [0.717, 1.165) is 30.5 Å². The normalized spacial score (nSPS) is 22.2. The number of nitrogens with one attached hydrogen (secondary N) is 1. The number of sulfonamides is 1. The first kappa shape index (κ1) is 27.4. The Morgan fingerprint density at radius 3 is 2.79 bits per heavy atom. The zero-order chi connectivity index (χ0) is 27.9. The Kier molecular flexibility index (Phi) is 7.53. The number of anilines is 2. The Morgan fingerprint density at radius 1 is 1.26 bits per heavy atom. The van der Waals surface area contributed by atoms with Crippen LogP contribution in [0.5, 0.6) is 0 Å². The molecule has 2 fully saturated rings. The lowest BCUT2D eigenvalue weighted by Crippen LogP contribution is -2.39. The number of carbonyl (C=O) groups is 1. The summed E-state index contributed by atoms with van der Waals surface area (Å²) in [7, 11) is -1.90. The third-order valence-electron chi connectivity index (χ3n) is 7.21. The molecule has 2 N–H and O–H groups in total. The second-order valence-corrected chi connectivity index (χ2v) is 12.4. The number of aliphatic hydroxyl groups excluding tert-OH is 1. The van der Waals surface area contributed by atoms with Gasteiger partial charge in [-0.3, -0.25) is 9.52 Å². The average molecular weight is 574 g/mol. The predicted octanol–water partition coefficient (Wildman–Crippen LogP) is 2.93. The molecular formula is C26H32ClN7O4S. The number of aliphatic hydroxyl groups is 1. The van der Waals surface area contributed by atoms with Crippen molar-refractivity contribution in [3.05, 3.63) is 52.3 Å². The molecule has 4 heterocycles. The number of likely N-dealkylation sites (tertiary alicyclic amines) is 1. The molecule has 1 aromatic carbocycles. The molecule has 2 aromatic heterocycles. The van der Waals surface area contributed by atoms with Gasteiger partial charge < -0.3 is 19.9 Å². The summed E-state index contributed by atoms with van der Waals surface area (Å²) in [5.74, 6) is 0.417. The number of aliphatic imine (C=N–C) groups is 1. The van der Waals surface area contributed by atoms with Crippen molar-refractivity contribution < 1.29 is 18.3 Å². The first-order chi connectivity index (χ1) is 18.5. The molecule has 1 amide bonds. The molecule has 5 rings (SSSR count). The molecule has 0 spiro atoms. The van der Waals surface area contributed by atoms with Crippen LogP contribution in [-0.4, -0.2) is 84.2 Å². The highest BCUT2D eigenvalue weighted by Gasteiger charge is 2.34. The summed E-state index contributed by atoms with van der Waals surface area (Å²) in [6, 6.07) is 6.13. The largest absolute Gasteiger partial charge is 0.391 e. The van der Waals surface area contributed by atoms with Crippen molar-refractivity contribution in [2.45, 2.75) is 38.3 Å². The number of rotatable bonds is 6. The summed E-state index contributed by atoms with van der Waals surface area (Å²) in [4.78, 5) is 26.5. The first-order valence-corrected chi connectivity index (χ1v) is 15.1. The SMILES string of the molecule is CN=C[C@@H]1CN(c2nc3cc([C@@H]4CCCCN4C(=O)c4cc(Cl)ccc4NS(C)(=O)=O)nn3cc2C)C[C@H]1O. The van der Waals surface area contributed by atoms with Crippen molar-refractivity contribution in [3.63, 3.8) is 0 Å². The number of carbonyl (C=O) groups excluding carboxylic acids is 1. The molecule has 208 valence electrons. The van der Waals surface area contributed by atoms with E-state index < -0.39 is 16.1 Å². The maximum absolute atomic E-state index is 13.8. The molecule has 0 aliphatic carbocycles. The molecule has 2 saturated heterocycles. The number of aromatic nitrogens is 3. The van der Waals surface area contributed by atoms with E-state index in [2.05, 4.69) is 14.6 Å². The van der Waals surface area contributed by atoms with Gasteiger partial charge in [0.1, 0.15) is 5.82 Å². The molecule has 39 heavy (non-hydrogen) atoms. The number of piperidine rings is 1. The van der Waals surface area contributed by atoms with Crippen LogP contribution >= 0.6 is 11.6 Å². The number of fused-ring (bicyclic) bond motifs is 1. The summed E-state index contributed by atoms with van der Waals surface area (Å²) in [6.45, 7) is 3.56. The van der Waals surface area contributed by atoms with Crippen molar-refractivity contribution in [1.29, 1.82) is 0 Å². The van der Waals surface area contributed by atoms with Gasteiger partial charge in [-0.25, -0.2) is 17.9 Å². The van der Waals surface area contributed by atoms with Crippen molar-refractivity contribution in [2.75, 3.05) is 42.6 Å². The minimum Gasteiger partial charge on any atom is -0.391 e. The number of amides is 1. The molecule has 0 bridgehead atoms. The van der Waals surface area contributed by atoms with E-state index in [-0.39, 0.29) is 29.1 Å². The van der Waals surface area contributed by atoms with E-state index in [9.17, 15) is 18.3 Å². The molecule has 0 unspecified atom stereocenters.